The summed E-state index contributed by atoms with van der Waals surface area (Å²) >= 11 is 0. The lowest BCUT2D eigenvalue weighted by Gasteiger charge is -2.24. The van der Waals surface area contributed by atoms with Crippen LogP contribution in [0.1, 0.15) is 57.6 Å². The SMILES string of the molecule is CCCCc1cc(C(C)P(=O)(OCC)OCC)n2nccc2n1. The van der Waals surface area contributed by atoms with Crippen LogP contribution >= 0.6 is 7.60 Å². The van der Waals surface area contributed by atoms with Gasteiger partial charge in [-0.2, -0.15) is 5.10 Å². The Balaban J connectivity index is 2.46. The molecule has 23 heavy (non-hydrogen) atoms. The van der Waals surface area contributed by atoms with Gasteiger partial charge in [-0.25, -0.2) is 9.50 Å². The van der Waals surface area contributed by atoms with E-state index in [1.165, 1.54) is 0 Å². The molecule has 0 saturated carbocycles. The Labute approximate surface area is 137 Å². The molecule has 0 aliphatic rings. The standard InChI is InChI=1S/C16H26N3O3P/c1-5-8-9-14-12-15(19-16(18-14)10-11-17-19)13(4)23(20,21-6-2)22-7-3/h10-13H,5-9H2,1-4H3. The summed E-state index contributed by atoms with van der Waals surface area (Å²) in [6, 6.07) is 3.84. The third-order valence-corrected chi connectivity index (χ3v) is 6.20. The Morgan fingerprint density at radius 3 is 2.57 bits per heavy atom. The van der Waals surface area contributed by atoms with Crippen molar-refractivity contribution in [2.45, 2.75) is 52.6 Å². The van der Waals surface area contributed by atoms with Crippen LogP contribution in [0.15, 0.2) is 18.3 Å². The number of rotatable bonds is 9. The van der Waals surface area contributed by atoms with Gasteiger partial charge in [-0.1, -0.05) is 13.3 Å². The van der Waals surface area contributed by atoms with Crippen LogP contribution in [0.5, 0.6) is 0 Å². The second kappa shape index (κ2) is 8.04. The van der Waals surface area contributed by atoms with E-state index in [-0.39, 0.29) is 0 Å². The summed E-state index contributed by atoms with van der Waals surface area (Å²) in [4.78, 5) is 4.62. The fourth-order valence-electron chi connectivity index (χ4n) is 2.56. The molecule has 0 amide bonds. The minimum absolute atomic E-state index is 0.345. The van der Waals surface area contributed by atoms with Crippen molar-refractivity contribution < 1.29 is 13.6 Å². The highest BCUT2D eigenvalue weighted by atomic mass is 31.2. The molecule has 0 aliphatic carbocycles. The van der Waals surface area contributed by atoms with E-state index in [1.54, 1.807) is 10.7 Å². The number of fused-ring (bicyclic) bond motifs is 1. The molecule has 0 fully saturated rings. The van der Waals surface area contributed by atoms with Gasteiger partial charge in [0.25, 0.3) is 0 Å². The first-order valence-electron chi connectivity index (χ1n) is 8.28. The fraction of sp³-hybridized carbons (Fsp3) is 0.625. The first-order valence-corrected chi connectivity index (χ1v) is 9.89. The van der Waals surface area contributed by atoms with Crippen molar-refractivity contribution in [3.05, 3.63) is 29.7 Å². The predicted molar refractivity (Wildman–Crippen MR) is 90.9 cm³/mol. The molecule has 2 aromatic heterocycles. The summed E-state index contributed by atoms with van der Waals surface area (Å²) in [5, 5.41) is 4.32. The lowest BCUT2D eigenvalue weighted by Crippen LogP contribution is -2.10. The highest BCUT2D eigenvalue weighted by molar-refractivity contribution is 7.54. The van der Waals surface area contributed by atoms with Crippen molar-refractivity contribution in [2.75, 3.05) is 13.2 Å². The number of hydrogen-bond acceptors (Lipinski definition) is 5. The monoisotopic (exact) mass is 339 g/mol. The second-order valence-corrected chi connectivity index (χ2v) is 7.80. The normalized spacial score (nSPS) is 13.6. The zero-order valence-corrected chi connectivity index (χ0v) is 15.3. The molecule has 0 aromatic carbocycles. The number of aryl methyl sites for hydroxylation is 1. The van der Waals surface area contributed by atoms with E-state index < -0.39 is 13.3 Å². The van der Waals surface area contributed by atoms with Gasteiger partial charge in [0.1, 0.15) is 5.66 Å². The molecule has 2 rings (SSSR count). The summed E-state index contributed by atoms with van der Waals surface area (Å²) in [5.41, 5.74) is 2.16. The Hall–Kier alpha value is -1.23. The van der Waals surface area contributed by atoms with Crippen LogP contribution in [-0.2, 0) is 20.0 Å². The Bertz CT molecular complexity index is 676. The molecule has 2 heterocycles. The minimum atomic E-state index is -3.25. The van der Waals surface area contributed by atoms with Crippen LogP contribution in [0.4, 0.5) is 0 Å². The second-order valence-electron chi connectivity index (χ2n) is 5.43. The zero-order chi connectivity index (χ0) is 16.9. The third kappa shape index (κ3) is 4.00. The van der Waals surface area contributed by atoms with Gasteiger partial charge >= 0.3 is 7.60 Å². The summed E-state index contributed by atoms with van der Waals surface area (Å²) < 4.78 is 25.8. The van der Waals surface area contributed by atoms with Crippen molar-refractivity contribution in [3.63, 3.8) is 0 Å². The summed E-state index contributed by atoms with van der Waals surface area (Å²) in [5.74, 6) is 0. The smallest absolute Gasteiger partial charge is 0.308 e. The molecule has 0 saturated heterocycles. The van der Waals surface area contributed by atoms with Crippen molar-refractivity contribution in [3.8, 4) is 0 Å². The van der Waals surface area contributed by atoms with Crippen molar-refractivity contribution in [1.82, 2.24) is 14.6 Å². The largest absolute Gasteiger partial charge is 0.339 e. The molecule has 6 nitrogen and oxygen atoms in total. The van der Waals surface area contributed by atoms with Crippen LogP contribution in [0.3, 0.4) is 0 Å². The molecule has 0 bridgehead atoms. The molecule has 0 N–H and O–H groups in total. The molecule has 0 radical (unpaired) electrons. The number of hydrogen-bond donors (Lipinski definition) is 0. The minimum Gasteiger partial charge on any atom is -0.308 e. The van der Waals surface area contributed by atoms with Gasteiger partial charge in [0.15, 0.2) is 5.65 Å². The molecule has 128 valence electrons. The maximum absolute atomic E-state index is 13.1. The fourth-order valence-corrected chi connectivity index (χ4v) is 4.31. The lowest BCUT2D eigenvalue weighted by molar-refractivity contribution is 0.213. The maximum Gasteiger partial charge on any atom is 0.339 e. The number of nitrogens with zero attached hydrogens (tertiary/aromatic N) is 3. The average Bonchev–Trinajstić information content (AvgIpc) is 3.00. The first kappa shape index (κ1) is 18.1. The van der Waals surface area contributed by atoms with E-state index >= 15 is 0 Å². The van der Waals surface area contributed by atoms with Gasteiger partial charge in [0.2, 0.25) is 0 Å². The summed E-state index contributed by atoms with van der Waals surface area (Å²) in [7, 11) is -3.25. The molecular weight excluding hydrogens is 313 g/mol. The van der Waals surface area contributed by atoms with Crippen molar-refractivity contribution >= 4 is 13.2 Å². The predicted octanol–water partition coefficient (Wildman–Crippen LogP) is 4.40. The molecule has 1 atom stereocenters. The topological polar surface area (TPSA) is 65.7 Å². The molecule has 0 aliphatic heterocycles. The van der Waals surface area contributed by atoms with Crippen molar-refractivity contribution in [2.24, 2.45) is 0 Å². The van der Waals surface area contributed by atoms with E-state index in [0.717, 1.165) is 36.3 Å². The van der Waals surface area contributed by atoms with Gasteiger partial charge in [0, 0.05) is 11.8 Å². The molecule has 0 spiro atoms. The lowest BCUT2D eigenvalue weighted by atomic mass is 10.1. The highest BCUT2D eigenvalue weighted by Crippen LogP contribution is 2.60. The van der Waals surface area contributed by atoms with Gasteiger partial charge in [0.05, 0.1) is 25.1 Å². The Morgan fingerprint density at radius 2 is 1.96 bits per heavy atom. The molecule has 2 aromatic rings. The van der Waals surface area contributed by atoms with E-state index in [1.807, 2.05) is 32.9 Å². The van der Waals surface area contributed by atoms with Gasteiger partial charge in [-0.05, 0) is 39.7 Å². The van der Waals surface area contributed by atoms with Crippen LogP contribution in [0.2, 0.25) is 0 Å². The third-order valence-electron chi connectivity index (χ3n) is 3.75. The average molecular weight is 339 g/mol. The summed E-state index contributed by atoms with van der Waals surface area (Å²) in [6.07, 6.45) is 4.77. The van der Waals surface area contributed by atoms with E-state index in [0.29, 0.717) is 13.2 Å². The van der Waals surface area contributed by atoms with Crippen LogP contribution < -0.4 is 0 Å². The number of aromatic nitrogens is 3. The molecule has 1 unspecified atom stereocenters. The van der Waals surface area contributed by atoms with Gasteiger partial charge in [-0.15, -0.1) is 0 Å². The van der Waals surface area contributed by atoms with Crippen LogP contribution in [0, 0.1) is 0 Å². The number of unbranched alkanes of at least 4 members (excludes halogenated alkanes) is 1. The maximum atomic E-state index is 13.1. The van der Waals surface area contributed by atoms with Gasteiger partial charge < -0.3 is 9.05 Å². The molecular formula is C16H26N3O3P. The van der Waals surface area contributed by atoms with E-state index in [4.69, 9.17) is 9.05 Å². The first-order chi connectivity index (χ1) is 11.1. The van der Waals surface area contributed by atoms with E-state index in [2.05, 4.69) is 17.0 Å². The van der Waals surface area contributed by atoms with E-state index in [9.17, 15) is 4.57 Å². The zero-order valence-electron chi connectivity index (χ0n) is 14.4. The quantitative estimate of drug-likeness (QED) is 0.634. The van der Waals surface area contributed by atoms with Crippen LogP contribution in [0.25, 0.3) is 5.65 Å². The van der Waals surface area contributed by atoms with Gasteiger partial charge in [-0.3, -0.25) is 4.57 Å². The van der Waals surface area contributed by atoms with Crippen molar-refractivity contribution in [1.29, 1.82) is 0 Å². The highest BCUT2D eigenvalue weighted by Gasteiger charge is 2.35. The summed E-state index contributed by atoms with van der Waals surface area (Å²) in [6.45, 7) is 8.35. The Morgan fingerprint density at radius 1 is 1.26 bits per heavy atom. The molecule has 7 heteroatoms. The van der Waals surface area contributed by atoms with Crippen LogP contribution in [-0.4, -0.2) is 27.8 Å². The Kier molecular flexibility index (Phi) is 6.33.